The average molecular weight is 556 g/mol. The molecule has 204 valence electrons. The van der Waals surface area contributed by atoms with Crippen molar-refractivity contribution in [1.29, 1.82) is 0 Å². The lowest BCUT2D eigenvalue weighted by atomic mass is 9.91. The maximum absolute atomic E-state index is 13.2. The van der Waals surface area contributed by atoms with Crippen molar-refractivity contribution in [1.82, 2.24) is 15.3 Å². The summed E-state index contributed by atoms with van der Waals surface area (Å²) >= 11 is 0. The van der Waals surface area contributed by atoms with Crippen molar-refractivity contribution < 1.29 is 18.0 Å². The number of rotatable bonds is 5. The van der Waals surface area contributed by atoms with Gasteiger partial charge in [-0.25, -0.2) is 13.4 Å². The van der Waals surface area contributed by atoms with Gasteiger partial charge in [-0.1, -0.05) is 24.3 Å². The zero-order chi connectivity index (χ0) is 28.0. The fourth-order valence-electron chi connectivity index (χ4n) is 5.52. The van der Waals surface area contributed by atoms with E-state index in [1.54, 1.807) is 12.1 Å². The number of benzene rings is 3. The maximum Gasteiger partial charge on any atom is 0.251 e. The largest absolute Gasteiger partial charge is 0.362 e. The van der Waals surface area contributed by atoms with E-state index in [2.05, 4.69) is 10.6 Å². The molecule has 4 aromatic rings. The molecule has 0 unspecified atom stereocenters. The smallest absolute Gasteiger partial charge is 0.251 e. The van der Waals surface area contributed by atoms with Crippen LogP contribution in [0.15, 0.2) is 76.5 Å². The third-order valence-electron chi connectivity index (χ3n) is 7.60. The summed E-state index contributed by atoms with van der Waals surface area (Å²) in [5.74, 6) is 0.730. The zero-order valence-electron chi connectivity index (χ0n) is 22.2. The molecule has 6 rings (SSSR count). The Balaban J connectivity index is 1.12. The lowest BCUT2D eigenvalue weighted by Gasteiger charge is -2.30. The van der Waals surface area contributed by atoms with Gasteiger partial charge in [0, 0.05) is 48.3 Å². The molecule has 2 N–H and O–H groups in total. The Bertz CT molecular complexity index is 1760. The number of hydrogen-bond donors (Lipinski definition) is 2. The van der Waals surface area contributed by atoms with Crippen LogP contribution < -0.4 is 15.5 Å². The second-order valence-electron chi connectivity index (χ2n) is 10.5. The summed E-state index contributed by atoms with van der Waals surface area (Å²) in [4.78, 5) is 37.2. The summed E-state index contributed by atoms with van der Waals surface area (Å²) in [5.41, 5.74) is 1.34. The fourth-order valence-corrected chi connectivity index (χ4v) is 7.20. The molecule has 40 heavy (non-hydrogen) atoms. The van der Waals surface area contributed by atoms with Crippen LogP contribution >= 0.6 is 0 Å². The van der Waals surface area contributed by atoms with Gasteiger partial charge in [0.1, 0.15) is 5.82 Å². The van der Waals surface area contributed by atoms with Crippen LogP contribution in [-0.2, 0) is 9.84 Å². The quantitative estimate of drug-likeness (QED) is 0.331. The van der Waals surface area contributed by atoms with Crippen molar-refractivity contribution in [2.24, 2.45) is 0 Å². The highest BCUT2D eigenvalue weighted by Gasteiger charge is 2.35. The van der Waals surface area contributed by atoms with Gasteiger partial charge in [-0.05, 0) is 68.1 Å². The molecule has 1 aromatic heterocycles. The van der Waals surface area contributed by atoms with Gasteiger partial charge in [-0.2, -0.15) is 4.98 Å². The van der Waals surface area contributed by atoms with E-state index in [1.165, 1.54) is 30.3 Å². The third-order valence-corrected chi connectivity index (χ3v) is 9.45. The van der Waals surface area contributed by atoms with E-state index in [0.29, 0.717) is 5.95 Å². The van der Waals surface area contributed by atoms with Gasteiger partial charge in [0.25, 0.3) is 5.91 Å². The summed E-state index contributed by atoms with van der Waals surface area (Å²) in [6.45, 7) is 0. The van der Waals surface area contributed by atoms with Crippen LogP contribution in [0.2, 0.25) is 0 Å². The van der Waals surface area contributed by atoms with Gasteiger partial charge >= 0.3 is 0 Å². The van der Waals surface area contributed by atoms with E-state index < -0.39 is 9.84 Å². The molecule has 1 amide bonds. The van der Waals surface area contributed by atoms with E-state index in [1.807, 2.05) is 43.3 Å². The minimum atomic E-state index is -3.91. The van der Waals surface area contributed by atoms with E-state index in [4.69, 9.17) is 9.97 Å². The highest BCUT2D eigenvalue weighted by atomic mass is 32.2. The summed E-state index contributed by atoms with van der Waals surface area (Å²) in [6.07, 6.45) is 3.16. The Morgan fingerprint density at radius 3 is 2.30 bits per heavy atom. The monoisotopic (exact) mass is 555 g/mol. The minimum absolute atomic E-state index is 0.0241. The highest BCUT2D eigenvalue weighted by molar-refractivity contribution is 7.91. The predicted octanol–water partition coefficient (Wildman–Crippen LogP) is 4.23. The van der Waals surface area contributed by atoms with Gasteiger partial charge in [0.15, 0.2) is 5.78 Å². The molecule has 2 heterocycles. The van der Waals surface area contributed by atoms with Gasteiger partial charge < -0.3 is 15.5 Å². The van der Waals surface area contributed by atoms with Crippen LogP contribution in [0.3, 0.4) is 0 Å². The molecule has 0 saturated heterocycles. The molecular weight excluding hydrogens is 526 g/mol. The van der Waals surface area contributed by atoms with E-state index in [-0.39, 0.29) is 50.3 Å². The Labute approximate surface area is 232 Å². The number of sulfone groups is 1. The first-order valence-corrected chi connectivity index (χ1v) is 14.7. The second kappa shape index (κ2) is 10.0. The van der Waals surface area contributed by atoms with Crippen LogP contribution in [-0.4, -0.2) is 56.3 Å². The van der Waals surface area contributed by atoms with Crippen LogP contribution in [0.25, 0.3) is 10.9 Å². The Morgan fingerprint density at radius 2 is 1.52 bits per heavy atom. The Kier molecular flexibility index (Phi) is 6.50. The third kappa shape index (κ3) is 4.58. The van der Waals surface area contributed by atoms with Crippen molar-refractivity contribution in [3.8, 4) is 0 Å². The number of ketones is 1. The van der Waals surface area contributed by atoms with Gasteiger partial charge in [0.05, 0.1) is 15.3 Å². The standard InChI is InChI=1S/C30H29N5O4S/c1-35(2)28-21-7-3-5-9-24(21)33-30(34-28)32-20-14-12-19(13-15-20)31-29(37)18-11-16-23-26(17-18)40(38,39)25-10-6-4-8-22(25)27(23)36/h3-11,16-17,19-20H,12-15H2,1-2H3,(H,31,37)(H,32,33,34). The van der Waals surface area contributed by atoms with E-state index in [9.17, 15) is 18.0 Å². The van der Waals surface area contributed by atoms with Crippen molar-refractivity contribution in [3.63, 3.8) is 0 Å². The summed E-state index contributed by atoms with van der Waals surface area (Å²) in [5, 5.41) is 7.51. The Morgan fingerprint density at radius 1 is 0.850 bits per heavy atom. The van der Waals surface area contributed by atoms with Crippen molar-refractivity contribution >= 4 is 44.2 Å². The number of hydrogen-bond acceptors (Lipinski definition) is 8. The van der Waals surface area contributed by atoms with Crippen molar-refractivity contribution in [2.75, 3.05) is 24.3 Å². The molecule has 10 heteroatoms. The molecule has 1 aliphatic heterocycles. The summed E-state index contributed by atoms with van der Waals surface area (Å²) < 4.78 is 26.4. The molecular formula is C30H29N5O4S. The molecule has 1 saturated carbocycles. The topological polar surface area (TPSA) is 121 Å². The molecule has 1 aliphatic carbocycles. The first-order chi connectivity index (χ1) is 19.2. The number of amides is 1. The molecule has 0 spiro atoms. The molecule has 3 aromatic carbocycles. The van der Waals surface area contributed by atoms with Crippen LogP contribution in [0, 0.1) is 0 Å². The summed E-state index contributed by atoms with van der Waals surface area (Å²) in [6, 6.07) is 18.5. The second-order valence-corrected chi connectivity index (χ2v) is 12.4. The number of fused-ring (bicyclic) bond motifs is 3. The molecule has 0 bridgehead atoms. The highest BCUT2D eigenvalue weighted by Crippen LogP contribution is 2.35. The predicted molar refractivity (Wildman–Crippen MR) is 153 cm³/mol. The number of nitrogens with zero attached hydrogens (tertiary/aromatic N) is 3. The van der Waals surface area contributed by atoms with Gasteiger partial charge in [0.2, 0.25) is 15.8 Å². The number of carbonyl (C=O) groups is 2. The zero-order valence-corrected chi connectivity index (χ0v) is 23.0. The van der Waals surface area contributed by atoms with Crippen molar-refractivity contribution in [2.45, 2.75) is 47.6 Å². The molecule has 0 atom stereocenters. The van der Waals surface area contributed by atoms with Gasteiger partial charge in [-0.15, -0.1) is 0 Å². The van der Waals surface area contributed by atoms with E-state index in [0.717, 1.165) is 42.4 Å². The molecule has 2 aliphatic rings. The fraction of sp³-hybridized carbons (Fsp3) is 0.267. The Hall–Kier alpha value is -4.31. The molecule has 9 nitrogen and oxygen atoms in total. The minimum Gasteiger partial charge on any atom is -0.362 e. The lowest BCUT2D eigenvalue weighted by molar-refractivity contribution is 0.0925. The number of aromatic nitrogens is 2. The van der Waals surface area contributed by atoms with Crippen LogP contribution in [0.4, 0.5) is 11.8 Å². The normalized spacial score (nSPS) is 19.4. The van der Waals surface area contributed by atoms with Crippen LogP contribution in [0.1, 0.15) is 52.0 Å². The first kappa shape index (κ1) is 25.9. The number of para-hydroxylation sites is 1. The number of nitrogens with one attached hydrogen (secondary N) is 2. The van der Waals surface area contributed by atoms with Gasteiger partial charge in [-0.3, -0.25) is 9.59 Å². The molecule has 0 radical (unpaired) electrons. The summed E-state index contributed by atoms with van der Waals surface area (Å²) in [7, 11) is 0.0122. The van der Waals surface area contributed by atoms with Crippen molar-refractivity contribution in [3.05, 3.63) is 83.4 Å². The first-order valence-electron chi connectivity index (χ1n) is 13.3. The maximum atomic E-state index is 13.2. The lowest BCUT2D eigenvalue weighted by Crippen LogP contribution is -2.40. The molecule has 1 fully saturated rings. The number of anilines is 2. The SMILES string of the molecule is CN(C)c1nc(NC2CCC(NC(=O)c3ccc4c(c3)S(=O)(=O)c3ccccc3C4=O)CC2)nc2ccccc12. The van der Waals surface area contributed by atoms with Crippen LogP contribution in [0.5, 0.6) is 0 Å². The average Bonchev–Trinajstić information content (AvgIpc) is 2.96. The van der Waals surface area contributed by atoms with E-state index >= 15 is 0 Å². The number of carbonyl (C=O) groups excluding carboxylic acids is 2.